The van der Waals surface area contributed by atoms with Crippen molar-refractivity contribution >= 4 is 28.3 Å². The third kappa shape index (κ3) is 2.51. The van der Waals surface area contributed by atoms with Gasteiger partial charge < -0.3 is 5.32 Å². The van der Waals surface area contributed by atoms with Crippen molar-refractivity contribution in [1.82, 2.24) is 4.90 Å². The van der Waals surface area contributed by atoms with Gasteiger partial charge in [-0.15, -0.1) is 0 Å². The number of anilines is 1. The smallest absolute Gasteiger partial charge is 0.0400 e. The highest BCUT2D eigenvalue weighted by Crippen LogP contribution is 2.30. The first-order chi connectivity index (χ1) is 7.81. The lowest BCUT2D eigenvalue weighted by Gasteiger charge is -2.16. The van der Waals surface area contributed by atoms with Crippen molar-refractivity contribution in [2.45, 2.75) is 31.3 Å². The molecule has 1 saturated carbocycles. The second-order valence-corrected chi connectivity index (χ2v) is 6.11. The number of nitrogens with one attached hydrogen (secondary N) is 1. The third-order valence-electron chi connectivity index (χ3n) is 3.50. The summed E-state index contributed by atoms with van der Waals surface area (Å²) in [7, 11) is 0. The van der Waals surface area contributed by atoms with Crippen LogP contribution in [-0.4, -0.2) is 30.1 Å². The lowest BCUT2D eigenvalue weighted by molar-refractivity contribution is 0.326. The van der Waals surface area contributed by atoms with E-state index in [1.807, 2.05) is 0 Å². The number of rotatable bonds is 3. The van der Waals surface area contributed by atoms with Crippen molar-refractivity contribution in [2.75, 3.05) is 18.4 Å². The molecule has 1 aliphatic heterocycles. The van der Waals surface area contributed by atoms with Gasteiger partial charge in [-0.05, 0) is 66.1 Å². The van der Waals surface area contributed by atoms with Crippen LogP contribution in [0.5, 0.6) is 0 Å². The first-order valence-electron chi connectivity index (χ1n) is 6.07. The molecule has 0 radical (unpaired) electrons. The fourth-order valence-electron chi connectivity index (χ4n) is 2.46. The van der Waals surface area contributed by atoms with Crippen LogP contribution in [0.3, 0.4) is 0 Å². The van der Waals surface area contributed by atoms with Gasteiger partial charge in [-0.3, -0.25) is 4.90 Å². The Morgan fingerprint density at radius 3 is 2.56 bits per heavy atom. The minimum absolute atomic E-state index is 0.653. The van der Waals surface area contributed by atoms with Crippen LogP contribution in [0.15, 0.2) is 24.3 Å². The van der Waals surface area contributed by atoms with Gasteiger partial charge in [0.25, 0.3) is 0 Å². The van der Waals surface area contributed by atoms with Crippen LogP contribution in [0.4, 0.5) is 5.69 Å². The van der Waals surface area contributed by atoms with E-state index in [2.05, 4.69) is 57.1 Å². The molecule has 1 aliphatic carbocycles. The number of hydrogen-bond acceptors (Lipinski definition) is 2. The summed E-state index contributed by atoms with van der Waals surface area (Å²) in [5.74, 6) is 0. The molecule has 0 amide bonds. The largest absolute Gasteiger partial charge is 0.381 e. The molecule has 3 rings (SSSR count). The maximum atomic E-state index is 3.64. The van der Waals surface area contributed by atoms with E-state index in [9.17, 15) is 0 Å². The molecular formula is C13H17IN2. The van der Waals surface area contributed by atoms with E-state index >= 15 is 0 Å². The summed E-state index contributed by atoms with van der Waals surface area (Å²) in [6.45, 7) is 2.52. The van der Waals surface area contributed by atoms with Gasteiger partial charge in [0.05, 0.1) is 0 Å². The zero-order valence-corrected chi connectivity index (χ0v) is 11.5. The summed E-state index contributed by atoms with van der Waals surface area (Å²) in [5, 5.41) is 3.64. The summed E-state index contributed by atoms with van der Waals surface area (Å²) in [6, 6.07) is 10.3. The second kappa shape index (κ2) is 4.53. The molecule has 2 fully saturated rings. The lowest BCUT2D eigenvalue weighted by Crippen LogP contribution is -2.27. The monoisotopic (exact) mass is 328 g/mol. The lowest BCUT2D eigenvalue weighted by atomic mass is 10.2. The molecule has 1 heterocycles. The van der Waals surface area contributed by atoms with Gasteiger partial charge in [0.2, 0.25) is 0 Å². The average Bonchev–Trinajstić information content (AvgIpc) is 3.04. The molecule has 1 aromatic carbocycles. The number of benzene rings is 1. The molecule has 2 nitrogen and oxygen atoms in total. The molecular weight excluding hydrogens is 311 g/mol. The highest BCUT2D eigenvalue weighted by atomic mass is 127. The van der Waals surface area contributed by atoms with Crippen molar-refractivity contribution in [2.24, 2.45) is 0 Å². The predicted molar refractivity (Wildman–Crippen MR) is 75.8 cm³/mol. The van der Waals surface area contributed by atoms with Crippen LogP contribution in [-0.2, 0) is 0 Å². The van der Waals surface area contributed by atoms with Gasteiger partial charge in [0.1, 0.15) is 0 Å². The Morgan fingerprint density at radius 2 is 1.88 bits per heavy atom. The van der Waals surface area contributed by atoms with Crippen LogP contribution >= 0.6 is 22.6 Å². The zero-order chi connectivity index (χ0) is 11.0. The van der Waals surface area contributed by atoms with Crippen molar-refractivity contribution in [3.8, 4) is 0 Å². The summed E-state index contributed by atoms with van der Waals surface area (Å²) in [4.78, 5) is 2.64. The molecule has 1 N–H and O–H groups in total. The van der Waals surface area contributed by atoms with E-state index in [4.69, 9.17) is 0 Å². The quantitative estimate of drug-likeness (QED) is 0.859. The maximum Gasteiger partial charge on any atom is 0.0400 e. The molecule has 1 atom stereocenters. The molecule has 1 unspecified atom stereocenters. The van der Waals surface area contributed by atoms with Crippen molar-refractivity contribution in [3.05, 3.63) is 27.8 Å². The Bertz CT molecular complexity index is 359. The first kappa shape index (κ1) is 10.8. The van der Waals surface area contributed by atoms with Crippen molar-refractivity contribution in [3.63, 3.8) is 0 Å². The van der Waals surface area contributed by atoms with E-state index in [-0.39, 0.29) is 0 Å². The van der Waals surface area contributed by atoms with Gasteiger partial charge >= 0.3 is 0 Å². The number of nitrogens with zero attached hydrogens (tertiary/aromatic N) is 1. The molecule has 1 saturated heterocycles. The SMILES string of the molecule is Ic1ccc(NC2CCN(C3CC3)C2)cc1. The van der Waals surface area contributed by atoms with E-state index in [1.165, 1.54) is 41.6 Å². The van der Waals surface area contributed by atoms with E-state index in [1.54, 1.807) is 0 Å². The van der Waals surface area contributed by atoms with Crippen LogP contribution in [0.2, 0.25) is 0 Å². The first-order valence-corrected chi connectivity index (χ1v) is 7.15. The predicted octanol–water partition coefficient (Wildman–Crippen LogP) is 2.94. The Hall–Kier alpha value is -0.290. The summed E-state index contributed by atoms with van der Waals surface area (Å²) in [6.07, 6.45) is 4.15. The topological polar surface area (TPSA) is 15.3 Å². The van der Waals surface area contributed by atoms with Crippen molar-refractivity contribution in [1.29, 1.82) is 0 Å². The molecule has 1 aromatic rings. The van der Waals surface area contributed by atoms with Gasteiger partial charge in [-0.1, -0.05) is 0 Å². The fraction of sp³-hybridized carbons (Fsp3) is 0.538. The Morgan fingerprint density at radius 1 is 1.12 bits per heavy atom. The third-order valence-corrected chi connectivity index (χ3v) is 4.22. The second-order valence-electron chi connectivity index (χ2n) is 4.86. The zero-order valence-electron chi connectivity index (χ0n) is 9.32. The number of hydrogen-bond donors (Lipinski definition) is 1. The maximum absolute atomic E-state index is 3.64. The summed E-state index contributed by atoms with van der Waals surface area (Å²) >= 11 is 2.35. The standard InChI is InChI=1S/C13H17IN2/c14-10-1-3-11(4-2-10)15-12-7-8-16(9-12)13-5-6-13/h1-4,12-13,15H,5-9H2. The average molecular weight is 328 g/mol. The molecule has 2 aliphatic rings. The van der Waals surface area contributed by atoms with E-state index in [0.29, 0.717) is 6.04 Å². The van der Waals surface area contributed by atoms with Gasteiger partial charge in [-0.25, -0.2) is 0 Å². The van der Waals surface area contributed by atoms with Gasteiger partial charge in [0, 0.05) is 34.4 Å². The van der Waals surface area contributed by atoms with E-state index in [0.717, 1.165) is 6.04 Å². The molecule has 16 heavy (non-hydrogen) atoms. The van der Waals surface area contributed by atoms with Crippen LogP contribution in [0.1, 0.15) is 19.3 Å². The normalized spacial score (nSPS) is 25.9. The summed E-state index contributed by atoms with van der Waals surface area (Å²) in [5.41, 5.74) is 1.27. The Balaban J connectivity index is 1.57. The number of likely N-dealkylation sites (tertiary alicyclic amines) is 1. The molecule has 3 heteroatoms. The van der Waals surface area contributed by atoms with Crippen LogP contribution in [0.25, 0.3) is 0 Å². The summed E-state index contributed by atoms with van der Waals surface area (Å²) < 4.78 is 1.30. The molecule has 0 bridgehead atoms. The highest BCUT2D eigenvalue weighted by molar-refractivity contribution is 14.1. The minimum atomic E-state index is 0.653. The number of halogens is 1. The molecule has 0 aromatic heterocycles. The molecule has 0 spiro atoms. The van der Waals surface area contributed by atoms with Crippen molar-refractivity contribution < 1.29 is 0 Å². The highest BCUT2D eigenvalue weighted by Gasteiger charge is 2.34. The van der Waals surface area contributed by atoms with Crippen LogP contribution in [0, 0.1) is 3.57 Å². The van der Waals surface area contributed by atoms with E-state index < -0.39 is 0 Å². The Labute approximate surface area is 111 Å². The van der Waals surface area contributed by atoms with Gasteiger partial charge in [0.15, 0.2) is 0 Å². The van der Waals surface area contributed by atoms with Crippen LogP contribution < -0.4 is 5.32 Å². The fourth-order valence-corrected chi connectivity index (χ4v) is 2.82. The molecule has 86 valence electrons. The Kier molecular flexibility index (Phi) is 3.07. The minimum Gasteiger partial charge on any atom is -0.381 e. The van der Waals surface area contributed by atoms with Gasteiger partial charge in [-0.2, -0.15) is 0 Å².